The molecule has 2 aromatic rings. The highest BCUT2D eigenvalue weighted by atomic mass is 32.2. The van der Waals surface area contributed by atoms with E-state index in [9.17, 15) is 27.9 Å². The molecule has 1 heterocycles. The second-order valence-electron chi connectivity index (χ2n) is 8.42. The Hall–Kier alpha value is -3.95. The number of carboxylic acid groups (broad SMARTS) is 1. The molecule has 0 spiro atoms. The van der Waals surface area contributed by atoms with Gasteiger partial charge in [0, 0.05) is 27.1 Å². The first kappa shape index (κ1) is 26.7. The fourth-order valence-electron chi connectivity index (χ4n) is 3.72. The van der Waals surface area contributed by atoms with Gasteiger partial charge in [-0.1, -0.05) is 12.1 Å². The van der Waals surface area contributed by atoms with E-state index in [1.807, 2.05) is 6.07 Å². The summed E-state index contributed by atoms with van der Waals surface area (Å²) in [6.45, 7) is 0.116. The van der Waals surface area contributed by atoms with E-state index in [1.165, 1.54) is 55.4 Å². The summed E-state index contributed by atoms with van der Waals surface area (Å²) < 4.78 is 32.4. The fourth-order valence-corrected chi connectivity index (χ4v) is 5.37. The third-order valence-electron chi connectivity index (χ3n) is 5.64. The molecule has 2 N–H and O–H groups in total. The SMILES string of the molecule is CN(C)C(=O)Oc1ccc(C[C@H](NC(=O)[C@@H]2CCCN2S(=O)(=O)c2ccc(C#N)cc2)C(=O)O)cc1. The molecule has 1 aliphatic heterocycles. The smallest absolute Gasteiger partial charge is 0.414 e. The fraction of sp³-hybridized carbons (Fsp3) is 0.333. The molecule has 0 aromatic heterocycles. The molecule has 0 aliphatic carbocycles. The number of nitriles is 1. The van der Waals surface area contributed by atoms with Crippen molar-refractivity contribution in [2.75, 3.05) is 20.6 Å². The maximum absolute atomic E-state index is 13.1. The van der Waals surface area contributed by atoms with E-state index in [0.717, 1.165) is 4.31 Å². The van der Waals surface area contributed by atoms with E-state index in [1.54, 1.807) is 12.1 Å². The van der Waals surface area contributed by atoms with Crippen LogP contribution in [0.25, 0.3) is 0 Å². The molecule has 2 aromatic carbocycles. The van der Waals surface area contributed by atoms with E-state index < -0.39 is 40.1 Å². The number of amides is 2. The molecule has 1 aliphatic rings. The number of sulfonamides is 1. The van der Waals surface area contributed by atoms with Gasteiger partial charge in [0.1, 0.15) is 17.8 Å². The Morgan fingerprint density at radius 2 is 1.81 bits per heavy atom. The van der Waals surface area contributed by atoms with E-state index in [-0.39, 0.29) is 30.0 Å². The van der Waals surface area contributed by atoms with Crippen molar-refractivity contribution in [1.29, 1.82) is 5.26 Å². The zero-order valence-electron chi connectivity index (χ0n) is 19.7. The van der Waals surface area contributed by atoms with Crippen LogP contribution in [0.5, 0.6) is 5.75 Å². The quantitative estimate of drug-likeness (QED) is 0.538. The van der Waals surface area contributed by atoms with E-state index in [2.05, 4.69) is 5.32 Å². The first-order valence-electron chi connectivity index (χ1n) is 11.1. The normalized spacial score (nSPS) is 16.5. The van der Waals surface area contributed by atoms with Crippen LogP contribution in [-0.2, 0) is 26.0 Å². The number of hydrogen-bond acceptors (Lipinski definition) is 7. The number of carbonyl (C=O) groups excluding carboxylic acids is 2. The lowest BCUT2D eigenvalue weighted by Gasteiger charge is -2.25. The minimum Gasteiger partial charge on any atom is -0.480 e. The molecule has 2 atom stereocenters. The molecule has 190 valence electrons. The summed E-state index contributed by atoms with van der Waals surface area (Å²) in [6.07, 6.45) is 0.0754. The Morgan fingerprint density at radius 3 is 2.36 bits per heavy atom. The van der Waals surface area contributed by atoms with Gasteiger partial charge in [0.05, 0.1) is 16.5 Å². The number of nitrogens with one attached hydrogen (secondary N) is 1. The van der Waals surface area contributed by atoms with Gasteiger partial charge >= 0.3 is 12.1 Å². The lowest BCUT2D eigenvalue weighted by molar-refractivity contribution is -0.142. The third kappa shape index (κ3) is 6.18. The van der Waals surface area contributed by atoms with Gasteiger partial charge in [-0.2, -0.15) is 9.57 Å². The zero-order chi connectivity index (χ0) is 26.5. The standard InChI is InChI=1S/C24H26N4O7S/c1-27(2)24(32)35-18-9-5-16(6-10-18)14-20(23(30)31)26-22(29)21-4-3-13-28(21)36(33,34)19-11-7-17(15-25)8-12-19/h5-12,20-21H,3-4,13-14H2,1-2H3,(H,26,29)(H,30,31)/t20-,21-/m0/s1. The number of nitrogens with zero attached hydrogens (tertiary/aromatic N) is 3. The van der Waals surface area contributed by atoms with E-state index in [0.29, 0.717) is 17.5 Å². The van der Waals surface area contributed by atoms with Crippen molar-refractivity contribution in [2.45, 2.75) is 36.2 Å². The van der Waals surface area contributed by atoms with Crippen molar-refractivity contribution in [1.82, 2.24) is 14.5 Å². The van der Waals surface area contributed by atoms with Crippen LogP contribution in [0, 0.1) is 11.3 Å². The zero-order valence-corrected chi connectivity index (χ0v) is 20.6. The Balaban J connectivity index is 1.70. The van der Waals surface area contributed by atoms with Crippen molar-refractivity contribution in [2.24, 2.45) is 0 Å². The van der Waals surface area contributed by atoms with Gasteiger partial charge in [-0.15, -0.1) is 0 Å². The van der Waals surface area contributed by atoms with Crippen molar-refractivity contribution >= 4 is 28.0 Å². The van der Waals surface area contributed by atoms with Crippen LogP contribution < -0.4 is 10.1 Å². The van der Waals surface area contributed by atoms with Crippen LogP contribution in [-0.4, -0.2) is 73.4 Å². The van der Waals surface area contributed by atoms with Crippen LogP contribution in [0.2, 0.25) is 0 Å². The summed E-state index contributed by atoms with van der Waals surface area (Å²) >= 11 is 0. The first-order valence-corrected chi connectivity index (χ1v) is 12.5. The summed E-state index contributed by atoms with van der Waals surface area (Å²) in [5.74, 6) is -1.69. The lowest BCUT2D eigenvalue weighted by atomic mass is 10.1. The topological polar surface area (TPSA) is 157 Å². The highest BCUT2D eigenvalue weighted by molar-refractivity contribution is 7.89. The highest BCUT2D eigenvalue weighted by Crippen LogP contribution is 2.26. The molecule has 1 fully saturated rings. The van der Waals surface area contributed by atoms with Gasteiger partial charge in [-0.05, 0) is 54.8 Å². The minimum atomic E-state index is -4.02. The van der Waals surface area contributed by atoms with Gasteiger partial charge < -0.3 is 20.1 Å². The summed E-state index contributed by atoms with van der Waals surface area (Å²) in [5, 5.41) is 21.1. The number of benzene rings is 2. The Morgan fingerprint density at radius 1 is 1.17 bits per heavy atom. The number of rotatable bonds is 8. The Labute approximate surface area is 208 Å². The summed E-state index contributed by atoms with van der Waals surface area (Å²) in [6, 6.07) is 11.1. The largest absolute Gasteiger partial charge is 0.480 e. The number of carbonyl (C=O) groups is 3. The van der Waals surface area contributed by atoms with E-state index >= 15 is 0 Å². The van der Waals surface area contributed by atoms with Gasteiger partial charge in [0.25, 0.3) is 0 Å². The molecular weight excluding hydrogens is 488 g/mol. The molecule has 0 bridgehead atoms. The monoisotopic (exact) mass is 514 g/mol. The molecule has 12 heteroatoms. The van der Waals surface area contributed by atoms with Gasteiger partial charge in [-0.3, -0.25) is 4.79 Å². The highest BCUT2D eigenvalue weighted by Gasteiger charge is 2.40. The van der Waals surface area contributed by atoms with E-state index in [4.69, 9.17) is 10.00 Å². The van der Waals surface area contributed by atoms with Crippen molar-refractivity contribution in [3.05, 3.63) is 59.7 Å². The van der Waals surface area contributed by atoms with Gasteiger partial charge in [0.15, 0.2) is 0 Å². The lowest BCUT2D eigenvalue weighted by Crippen LogP contribution is -2.51. The molecular formula is C24H26N4O7S. The average molecular weight is 515 g/mol. The first-order chi connectivity index (χ1) is 17.0. The number of ether oxygens (including phenoxy) is 1. The average Bonchev–Trinajstić information content (AvgIpc) is 3.36. The predicted octanol–water partition coefficient (Wildman–Crippen LogP) is 1.58. The second-order valence-corrected chi connectivity index (χ2v) is 10.3. The summed E-state index contributed by atoms with van der Waals surface area (Å²) in [7, 11) is -0.944. The Kier molecular flexibility index (Phi) is 8.29. The van der Waals surface area contributed by atoms with Gasteiger partial charge in [0.2, 0.25) is 15.9 Å². The molecule has 0 saturated carbocycles. The van der Waals surface area contributed by atoms with Crippen molar-refractivity contribution < 1.29 is 32.6 Å². The van der Waals surface area contributed by atoms with Gasteiger partial charge in [-0.25, -0.2) is 18.0 Å². The Bertz CT molecular complexity index is 1270. The minimum absolute atomic E-state index is 0.0500. The maximum Gasteiger partial charge on any atom is 0.414 e. The van der Waals surface area contributed by atoms with Crippen molar-refractivity contribution in [3.63, 3.8) is 0 Å². The molecule has 0 unspecified atom stereocenters. The predicted molar refractivity (Wildman–Crippen MR) is 127 cm³/mol. The molecule has 3 rings (SSSR count). The molecule has 2 amide bonds. The summed E-state index contributed by atoms with van der Waals surface area (Å²) in [5.41, 5.74) is 0.874. The van der Waals surface area contributed by atoms with Crippen LogP contribution >= 0.6 is 0 Å². The van der Waals surface area contributed by atoms with Crippen LogP contribution in [0.1, 0.15) is 24.0 Å². The van der Waals surface area contributed by atoms with Crippen LogP contribution in [0.15, 0.2) is 53.4 Å². The second kappa shape index (κ2) is 11.2. The number of aliphatic carboxylic acids is 1. The molecule has 36 heavy (non-hydrogen) atoms. The summed E-state index contributed by atoms with van der Waals surface area (Å²) in [4.78, 5) is 37.7. The molecule has 11 nitrogen and oxygen atoms in total. The van der Waals surface area contributed by atoms with Crippen molar-refractivity contribution in [3.8, 4) is 11.8 Å². The number of carboxylic acids is 1. The molecule has 0 radical (unpaired) electrons. The van der Waals surface area contributed by atoms with Crippen LogP contribution in [0.4, 0.5) is 4.79 Å². The maximum atomic E-state index is 13.1. The third-order valence-corrected chi connectivity index (χ3v) is 7.57. The number of hydrogen-bond donors (Lipinski definition) is 2. The molecule has 1 saturated heterocycles. The van der Waals surface area contributed by atoms with Crippen LogP contribution in [0.3, 0.4) is 0 Å².